The summed E-state index contributed by atoms with van der Waals surface area (Å²) in [6.45, 7) is 10.2. The van der Waals surface area contributed by atoms with Crippen LogP contribution in [-0.2, 0) is 14.8 Å². The van der Waals surface area contributed by atoms with Crippen LogP contribution in [-0.4, -0.2) is 76.0 Å². The molecule has 1 aromatic rings. The molecule has 1 amide bonds. The van der Waals surface area contributed by atoms with Crippen molar-refractivity contribution in [2.24, 2.45) is 11.8 Å². The lowest BCUT2D eigenvalue weighted by Gasteiger charge is -2.39. The van der Waals surface area contributed by atoms with Gasteiger partial charge in [0.2, 0.25) is 10.0 Å². The summed E-state index contributed by atoms with van der Waals surface area (Å²) in [6.07, 6.45) is 1.17. The number of rotatable bonds is 5. The molecule has 0 aromatic heterocycles. The second-order valence-electron chi connectivity index (χ2n) is 8.65. The molecule has 0 aliphatic carbocycles. The van der Waals surface area contributed by atoms with Crippen molar-refractivity contribution in [3.05, 3.63) is 24.3 Å². The van der Waals surface area contributed by atoms with Gasteiger partial charge < -0.3 is 14.5 Å². The summed E-state index contributed by atoms with van der Waals surface area (Å²) in [5.41, 5.74) is 0. The molecule has 2 heterocycles. The topological polar surface area (TPSA) is 71.4 Å². The summed E-state index contributed by atoms with van der Waals surface area (Å²) in [5, 5.41) is 0. The van der Waals surface area contributed by atoms with E-state index in [0.717, 1.165) is 13.1 Å². The number of carbonyl (C=O) groups is 1. The zero-order valence-corrected chi connectivity index (χ0v) is 18.7. The van der Waals surface area contributed by atoms with Gasteiger partial charge in [-0.25, -0.2) is 8.42 Å². The minimum absolute atomic E-state index is 0.140. The van der Waals surface area contributed by atoms with Gasteiger partial charge in [0.15, 0.2) is 6.04 Å². The molecule has 3 atom stereocenters. The van der Waals surface area contributed by atoms with E-state index >= 15 is 0 Å². The van der Waals surface area contributed by atoms with Crippen molar-refractivity contribution in [2.45, 2.75) is 38.1 Å². The monoisotopic (exact) mass is 424 g/mol. The first-order valence-corrected chi connectivity index (χ1v) is 11.9. The zero-order valence-electron chi connectivity index (χ0n) is 17.9. The van der Waals surface area contributed by atoms with Crippen molar-refractivity contribution >= 4 is 15.9 Å². The molecule has 0 unspecified atom stereocenters. The molecular weight excluding hydrogens is 390 g/mol. The number of ether oxygens (including phenoxy) is 1. The van der Waals surface area contributed by atoms with Gasteiger partial charge in [0, 0.05) is 13.1 Å². The van der Waals surface area contributed by atoms with Crippen LogP contribution >= 0.6 is 0 Å². The van der Waals surface area contributed by atoms with Gasteiger partial charge in [-0.2, -0.15) is 4.31 Å². The first-order valence-electron chi connectivity index (χ1n) is 10.5. The number of benzene rings is 1. The molecule has 2 fully saturated rings. The van der Waals surface area contributed by atoms with Crippen LogP contribution in [0.3, 0.4) is 0 Å². The van der Waals surface area contributed by atoms with E-state index in [4.69, 9.17) is 4.74 Å². The van der Waals surface area contributed by atoms with Crippen LogP contribution in [0.2, 0.25) is 0 Å². The third kappa shape index (κ3) is 4.92. The quantitative estimate of drug-likeness (QED) is 0.746. The number of quaternary nitrogens is 1. The van der Waals surface area contributed by atoms with Gasteiger partial charge in [-0.1, -0.05) is 13.8 Å². The van der Waals surface area contributed by atoms with Crippen LogP contribution in [0.1, 0.15) is 27.2 Å². The number of nitrogens with one attached hydrogen (secondary N) is 1. The zero-order chi connectivity index (χ0) is 21.2. The fourth-order valence-corrected chi connectivity index (χ4v) is 6.08. The predicted molar refractivity (Wildman–Crippen MR) is 111 cm³/mol. The molecule has 0 radical (unpaired) electrons. The fourth-order valence-electron chi connectivity index (χ4n) is 4.63. The molecule has 0 spiro atoms. The average molecular weight is 425 g/mol. The molecule has 1 N–H and O–H groups in total. The van der Waals surface area contributed by atoms with Gasteiger partial charge in [0.05, 0.1) is 38.2 Å². The molecule has 162 valence electrons. The van der Waals surface area contributed by atoms with E-state index in [9.17, 15) is 13.2 Å². The Kier molecular flexibility index (Phi) is 6.86. The second kappa shape index (κ2) is 9.02. The standard InChI is InChI=1S/C21H33N3O4S/c1-16-13-17(2)15-23(14-16)21(25)18(3)22-9-11-24(12-10-22)29(26,27)20-7-5-19(28-4)6-8-20/h5-8,16-18H,9-15H2,1-4H3/p+1/t16-,17-,18-/m1/s1. The maximum absolute atomic E-state index is 13.0. The smallest absolute Gasteiger partial charge is 0.280 e. The van der Waals surface area contributed by atoms with E-state index < -0.39 is 10.0 Å². The highest BCUT2D eigenvalue weighted by Gasteiger charge is 2.37. The van der Waals surface area contributed by atoms with Gasteiger partial charge >= 0.3 is 0 Å². The minimum Gasteiger partial charge on any atom is -0.497 e. The molecule has 0 bridgehead atoms. The van der Waals surface area contributed by atoms with E-state index in [2.05, 4.69) is 13.8 Å². The van der Waals surface area contributed by atoms with Gasteiger partial charge in [0.25, 0.3) is 5.91 Å². The minimum atomic E-state index is -3.52. The maximum atomic E-state index is 13.0. The molecule has 2 saturated heterocycles. The van der Waals surface area contributed by atoms with Gasteiger partial charge in [-0.15, -0.1) is 0 Å². The summed E-state index contributed by atoms with van der Waals surface area (Å²) >= 11 is 0. The Hall–Kier alpha value is -1.64. The van der Waals surface area contributed by atoms with Crippen LogP contribution in [0.25, 0.3) is 0 Å². The number of nitrogens with zero attached hydrogens (tertiary/aromatic N) is 2. The first-order chi connectivity index (χ1) is 13.7. The Labute approximate surface area is 174 Å². The number of amides is 1. The van der Waals surface area contributed by atoms with E-state index in [0.29, 0.717) is 43.8 Å². The van der Waals surface area contributed by atoms with E-state index in [1.54, 1.807) is 31.4 Å². The van der Waals surface area contributed by atoms with Crippen molar-refractivity contribution in [1.82, 2.24) is 9.21 Å². The predicted octanol–water partition coefficient (Wildman–Crippen LogP) is 0.477. The molecule has 29 heavy (non-hydrogen) atoms. The third-order valence-electron chi connectivity index (χ3n) is 6.23. The highest BCUT2D eigenvalue weighted by atomic mass is 32.2. The molecule has 0 saturated carbocycles. The fraction of sp³-hybridized carbons (Fsp3) is 0.667. The molecule has 3 rings (SSSR count). The number of carbonyl (C=O) groups excluding carboxylic acids is 1. The Morgan fingerprint density at radius 3 is 2.17 bits per heavy atom. The number of hydrogen-bond acceptors (Lipinski definition) is 4. The van der Waals surface area contributed by atoms with Gasteiger partial charge in [-0.3, -0.25) is 4.79 Å². The Morgan fingerprint density at radius 1 is 1.10 bits per heavy atom. The largest absolute Gasteiger partial charge is 0.497 e. The van der Waals surface area contributed by atoms with Crippen LogP contribution in [0.15, 0.2) is 29.2 Å². The number of likely N-dealkylation sites (tertiary alicyclic amines) is 1. The molecule has 1 aromatic carbocycles. The normalized spacial score (nSPS) is 25.6. The first kappa shape index (κ1) is 22.1. The Bertz CT molecular complexity index is 794. The number of methoxy groups -OCH3 is 1. The van der Waals surface area contributed by atoms with Gasteiger partial charge in [0.1, 0.15) is 5.75 Å². The van der Waals surface area contributed by atoms with Crippen molar-refractivity contribution in [1.29, 1.82) is 0 Å². The lowest BCUT2D eigenvalue weighted by Crippen LogP contribution is -3.19. The number of piperidine rings is 1. The second-order valence-corrected chi connectivity index (χ2v) is 10.6. The number of piperazine rings is 1. The van der Waals surface area contributed by atoms with Crippen molar-refractivity contribution < 1.29 is 22.8 Å². The Morgan fingerprint density at radius 2 is 1.66 bits per heavy atom. The molecule has 2 aliphatic rings. The molecule has 8 heteroatoms. The average Bonchev–Trinajstić information content (AvgIpc) is 2.72. The van der Waals surface area contributed by atoms with E-state index in [1.807, 2.05) is 11.8 Å². The van der Waals surface area contributed by atoms with Crippen molar-refractivity contribution in [3.63, 3.8) is 0 Å². The van der Waals surface area contributed by atoms with Crippen LogP contribution in [0.5, 0.6) is 5.75 Å². The summed E-state index contributed by atoms with van der Waals surface area (Å²) < 4.78 is 32.5. The summed E-state index contributed by atoms with van der Waals surface area (Å²) in [5.74, 6) is 1.91. The third-order valence-corrected chi connectivity index (χ3v) is 8.14. The lowest BCUT2D eigenvalue weighted by molar-refractivity contribution is -0.918. The lowest BCUT2D eigenvalue weighted by atomic mass is 9.91. The SMILES string of the molecule is COc1ccc(S(=O)(=O)N2CC[NH+]([C@H](C)C(=O)N3C[C@H](C)C[C@@H](C)C3)CC2)cc1. The van der Waals surface area contributed by atoms with E-state index in [-0.39, 0.29) is 16.8 Å². The van der Waals surface area contributed by atoms with E-state index in [1.165, 1.54) is 15.6 Å². The van der Waals surface area contributed by atoms with Crippen LogP contribution < -0.4 is 9.64 Å². The van der Waals surface area contributed by atoms with Crippen molar-refractivity contribution in [3.8, 4) is 5.75 Å². The summed E-state index contributed by atoms with van der Waals surface area (Å²) in [7, 11) is -1.97. The van der Waals surface area contributed by atoms with Crippen molar-refractivity contribution in [2.75, 3.05) is 46.4 Å². The van der Waals surface area contributed by atoms with Gasteiger partial charge in [-0.05, 0) is 49.4 Å². The molecule has 2 aliphatic heterocycles. The van der Waals surface area contributed by atoms with Crippen LogP contribution in [0.4, 0.5) is 0 Å². The van der Waals surface area contributed by atoms with Crippen LogP contribution in [0, 0.1) is 11.8 Å². The summed E-state index contributed by atoms with van der Waals surface area (Å²) in [4.78, 5) is 16.5. The Balaban J connectivity index is 1.59. The molecule has 7 nitrogen and oxygen atoms in total. The highest BCUT2D eigenvalue weighted by molar-refractivity contribution is 7.89. The molecular formula is C21H34N3O4S+. The number of sulfonamides is 1. The summed E-state index contributed by atoms with van der Waals surface area (Å²) in [6, 6.07) is 6.35. The maximum Gasteiger partial charge on any atom is 0.280 e. The highest BCUT2D eigenvalue weighted by Crippen LogP contribution is 2.22. The number of hydrogen-bond donors (Lipinski definition) is 1.